The van der Waals surface area contributed by atoms with Crippen LogP contribution in [-0.4, -0.2) is 16.1 Å². The normalized spacial score (nSPS) is 11.3. The van der Waals surface area contributed by atoms with Gasteiger partial charge in [0.15, 0.2) is 0 Å². The Morgan fingerprint density at radius 2 is 1.88 bits per heavy atom. The number of rotatable bonds is 6. The molecule has 7 heteroatoms. The third-order valence-electron chi connectivity index (χ3n) is 3.16. The molecule has 0 fully saturated rings. The lowest BCUT2D eigenvalue weighted by Crippen LogP contribution is -2.16. The number of nitrogens with zero attached hydrogens (tertiary/aromatic N) is 2. The van der Waals surface area contributed by atoms with Crippen molar-refractivity contribution in [1.29, 1.82) is 5.26 Å². The number of ether oxygens (including phenoxy) is 1. The van der Waals surface area contributed by atoms with E-state index in [2.05, 4.69) is 0 Å². The smallest absolute Gasteiger partial charge is 0.319 e. The Balaban J connectivity index is 1.87. The predicted molar refractivity (Wildman–Crippen MR) is 89.4 cm³/mol. The summed E-state index contributed by atoms with van der Waals surface area (Å²) in [5.74, 6) is -0.372. The van der Waals surface area contributed by atoms with Gasteiger partial charge in [-0.15, -0.1) is 11.8 Å². The summed E-state index contributed by atoms with van der Waals surface area (Å²) in [6.45, 7) is 1.85. The first-order valence-corrected chi connectivity index (χ1v) is 7.94. The van der Waals surface area contributed by atoms with Gasteiger partial charge in [-0.1, -0.05) is 12.1 Å². The summed E-state index contributed by atoms with van der Waals surface area (Å²) < 4.78 is 5.25. The summed E-state index contributed by atoms with van der Waals surface area (Å²) in [5, 5.41) is 18.9. The summed E-state index contributed by atoms with van der Waals surface area (Å²) in [6, 6.07) is 14.8. The SMILES string of the molecule is C[C@H](Sc1ccc([N+](=O)[O-])cc1)C(=O)OCc1ccc(C#N)cc1. The summed E-state index contributed by atoms with van der Waals surface area (Å²) in [7, 11) is 0. The van der Waals surface area contributed by atoms with Gasteiger partial charge in [-0.3, -0.25) is 14.9 Å². The Morgan fingerprint density at radius 1 is 1.25 bits per heavy atom. The molecule has 0 N–H and O–H groups in total. The molecule has 2 rings (SSSR count). The molecule has 0 amide bonds. The fraction of sp³-hybridized carbons (Fsp3) is 0.176. The lowest BCUT2D eigenvalue weighted by Gasteiger charge is -2.11. The number of esters is 1. The van der Waals surface area contributed by atoms with Crippen molar-refractivity contribution in [2.24, 2.45) is 0 Å². The second-order valence-corrected chi connectivity index (χ2v) is 6.34. The van der Waals surface area contributed by atoms with E-state index in [0.717, 1.165) is 10.5 Å². The first-order chi connectivity index (χ1) is 11.5. The number of thioether (sulfide) groups is 1. The number of benzene rings is 2. The average molecular weight is 342 g/mol. The Kier molecular flexibility index (Phi) is 5.93. The van der Waals surface area contributed by atoms with Crippen LogP contribution in [0.2, 0.25) is 0 Å². The van der Waals surface area contributed by atoms with E-state index < -0.39 is 10.2 Å². The van der Waals surface area contributed by atoms with Crippen LogP contribution < -0.4 is 0 Å². The molecule has 2 aromatic carbocycles. The molecule has 0 aromatic heterocycles. The van der Waals surface area contributed by atoms with E-state index in [9.17, 15) is 14.9 Å². The van der Waals surface area contributed by atoms with Crippen molar-refractivity contribution in [1.82, 2.24) is 0 Å². The summed E-state index contributed by atoms with van der Waals surface area (Å²) in [5.41, 5.74) is 1.36. The lowest BCUT2D eigenvalue weighted by molar-refractivity contribution is -0.384. The van der Waals surface area contributed by atoms with Gasteiger partial charge in [-0.25, -0.2) is 0 Å². The highest BCUT2D eigenvalue weighted by Gasteiger charge is 2.16. The highest BCUT2D eigenvalue weighted by atomic mass is 32.2. The molecule has 0 radical (unpaired) electrons. The monoisotopic (exact) mass is 342 g/mol. The number of carbonyl (C=O) groups is 1. The van der Waals surface area contributed by atoms with Gasteiger partial charge < -0.3 is 4.74 Å². The Labute approximate surface area is 143 Å². The van der Waals surface area contributed by atoms with Crippen LogP contribution in [0, 0.1) is 21.4 Å². The zero-order valence-corrected chi connectivity index (χ0v) is 13.7. The molecular formula is C17H14N2O4S. The first-order valence-electron chi connectivity index (χ1n) is 7.06. The number of nitro groups is 1. The van der Waals surface area contributed by atoms with Crippen LogP contribution >= 0.6 is 11.8 Å². The molecule has 0 aliphatic carbocycles. The topological polar surface area (TPSA) is 93.2 Å². The number of nitriles is 1. The number of non-ortho nitro benzene ring substituents is 1. The fourth-order valence-electron chi connectivity index (χ4n) is 1.85. The maximum absolute atomic E-state index is 12.0. The van der Waals surface area contributed by atoms with Crippen molar-refractivity contribution in [3.63, 3.8) is 0 Å². The van der Waals surface area contributed by atoms with E-state index in [1.165, 1.54) is 23.9 Å². The Hall–Kier alpha value is -2.85. The molecule has 1 atom stereocenters. The molecule has 0 saturated carbocycles. The van der Waals surface area contributed by atoms with E-state index in [-0.39, 0.29) is 18.3 Å². The molecule has 2 aromatic rings. The largest absolute Gasteiger partial charge is 0.460 e. The summed E-state index contributed by atoms with van der Waals surface area (Å²) in [6.07, 6.45) is 0. The fourth-order valence-corrected chi connectivity index (χ4v) is 2.71. The second kappa shape index (κ2) is 8.13. The van der Waals surface area contributed by atoms with E-state index in [0.29, 0.717) is 5.56 Å². The number of hydrogen-bond donors (Lipinski definition) is 0. The van der Waals surface area contributed by atoms with Crippen LogP contribution in [0.15, 0.2) is 53.4 Å². The van der Waals surface area contributed by atoms with Crippen molar-refractivity contribution in [3.05, 3.63) is 69.8 Å². The Morgan fingerprint density at radius 3 is 2.42 bits per heavy atom. The van der Waals surface area contributed by atoms with E-state index >= 15 is 0 Å². The minimum Gasteiger partial charge on any atom is -0.460 e. The molecular weight excluding hydrogens is 328 g/mol. The molecule has 122 valence electrons. The highest BCUT2D eigenvalue weighted by Crippen LogP contribution is 2.26. The third-order valence-corrected chi connectivity index (χ3v) is 4.25. The van der Waals surface area contributed by atoms with Crippen molar-refractivity contribution in [2.45, 2.75) is 23.7 Å². The van der Waals surface area contributed by atoms with Gasteiger partial charge in [-0.05, 0) is 36.8 Å². The first kappa shape index (κ1) is 17.5. The molecule has 0 aliphatic heterocycles. The van der Waals surface area contributed by atoms with Gasteiger partial charge in [0.1, 0.15) is 11.9 Å². The van der Waals surface area contributed by atoms with Crippen LogP contribution in [0.3, 0.4) is 0 Å². The lowest BCUT2D eigenvalue weighted by atomic mass is 10.2. The minimum absolute atomic E-state index is 0.00963. The second-order valence-electron chi connectivity index (χ2n) is 4.93. The molecule has 24 heavy (non-hydrogen) atoms. The number of hydrogen-bond acceptors (Lipinski definition) is 6. The molecule has 0 spiro atoms. The maximum Gasteiger partial charge on any atom is 0.319 e. The highest BCUT2D eigenvalue weighted by molar-refractivity contribution is 8.00. The molecule has 0 saturated heterocycles. The van der Waals surface area contributed by atoms with Crippen LogP contribution in [-0.2, 0) is 16.1 Å². The predicted octanol–water partition coefficient (Wildman–Crippen LogP) is 3.69. The number of nitro benzene ring substituents is 1. The summed E-state index contributed by atoms with van der Waals surface area (Å²) >= 11 is 1.27. The van der Waals surface area contributed by atoms with Gasteiger partial charge in [0, 0.05) is 17.0 Å². The number of carbonyl (C=O) groups excluding carboxylic acids is 1. The quantitative estimate of drug-likeness (QED) is 0.344. The maximum atomic E-state index is 12.0. The van der Waals surface area contributed by atoms with Gasteiger partial charge in [0.25, 0.3) is 5.69 Å². The van der Waals surface area contributed by atoms with Gasteiger partial charge in [0.05, 0.1) is 16.6 Å². The van der Waals surface area contributed by atoms with E-state index in [4.69, 9.17) is 10.00 Å². The van der Waals surface area contributed by atoms with Gasteiger partial charge in [0.2, 0.25) is 0 Å². The average Bonchev–Trinajstić information content (AvgIpc) is 2.60. The molecule has 6 nitrogen and oxygen atoms in total. The van der Waals surface area contributed by atoms with E-state index in [1.807, 2.05) is 6.07 Å². The van der Waals surface area contributed by atoms with Crippen LogP contribution in [0.25, 0.3) is 0 Å². The van der Waals surface area contributed by atoms with Gasteiger partial charge >= 0.3 is 5.97 Å². The summed E-state index contributed by atoms with van der Waals surface area (Å²) in [4.78, 5) is 22.9. The Bertz CT molecular complexity index is 767. The van der Waals surface area contributed by atoms with Crippen molar-refractivity contribution >= 4 is 23.4 Å². The van der Waals surface area contributed by atoms with Crippen LogP contribution in [0.4, 0.5) is 5.69 Å². The molecule has 0 heterocycles. The zero-order valence-electron chi connectivity index (χ0n) is 12.8. The van der Waals surface area contributed by atoms with Crippen LogP contribution in [0.5, 0.6) is 0 Å². The zero-order chi connectivity index (χ0) is 17.5. The van der Waals surface area contributed by atoms with E-state index in [1.54, 1.807) is 43.3 Å². The van der Waals surface area contributed by atoms with Crippen LogP contribution in [0.1, 0.15) is 18.1 Å². The molecule has 0 aliphatic rings. The van der Waals surface area contributed by atoms with Gasteiger partial charge in [-0.2, -0.15) is 5.26 Å². The van der Waals surface area contributed by atoms with Crippen molar-refractivity contribution < 1.29 is 14.5 Å². The minimum atomic E-state index is -0.469. The van der Waals surface area contributed by atoms with Crippen molar-refractivity contribution in [3.8, 4) is 6.07 Å². The third kappa shape index (κ3) is 4.83. The van der Waals surface area contributed by atoms with Crippen molar-refractivity contribution in [2.75, 3.05) is 0 Å². The molecule has 0 bridgehead atoms. The standard InChI is InChI=1S/C17H14N2O4S/c1-12(24-16-8-6-15(7-9-16)19(21)22)17(20)23-11-14-4-2-13(10-18)3-5-14/h2-9,12H,11H2,1H3/t12-/m0/s1. The molecule has 0 unspecified atom stereocenters.